The Labute approximate surface area is 73.4 Å². The van der Waals surface area contributed by atoms with Crippen LogP contribution in [0, 0.1) is 6.92 Å². The number of hydrogen-bond acceptors (Lipinski definition) is 1. The molecule has 0 heterocycles. The van der Waals surface area contributed by atoms with Gasteiger partial charge in [0, 0.05) is 0 Å². The van der Waals surface area contributed by atoms with Crippen molar-refractivity contribution < 1.29 is 5.11 Å². The highest BCUT2D eigenvalue weighted by Crippen LogP contribution is 2.11. The zero-order chi connectivity index (χ0) is 8.97. The van der Waals surface area contributed by atoms with Crippen LogP contribution in [-0.2, 0) is 0 Å². The summed E-state index contributed by atoms with van der Waals surface area (Å²) in [5, 5.41) is 8.82. The first-order chi connectivity index (χ1) is 5.74. The van der Waals surface area contributed by atoms with E-state index in [1.807, 2.05) is 25.1 Å². The third kappa shape index (κ3) is 2.21. The SMILES string of the molecule is CC(=Cc1ccccc1C)CO. The van der Waals surface area contributed by atoms with Crippen molar-refractivity contribution >= 4 is 6.08 Å². The van der Waals surface area contributed by atoms with Gasteiger partial charge >= 0.3 is 0 Å². The van der Waals surface area contributed by atoms with Gasteiger partial charge in [-0.3, -0.25) is 0 Å². The Morgan fingerprint density at radius 1 is 1.42 bits per heavy atom. The van der Waals surface area contributed by atoms with E-state index in [0.29, 0.717) is 0 Å². The van der Waals surface area contributed by atoms with E-state index in [1.54, 1.807) is 0 Å². The minimum Gasteiger partial charge on any atom is -0.392 e. The van der Waals surface area contributed by atoms with Crippen LogP contribution in [0.4, 0.5) is 0 Å². The van der Waals surface area contributed by atoms with Crippen molar-refractivity contribution in [1.82, 2.24) is 0 Å². The van der Waals surface area contributed by atoms with Crippen molar-refractivity contribution in [3.05, 3.63) is 41.0 Å². The zero-order valence-electron chi connectivity index (χ0n) is 7.54. The highest BCUT2D eigenvalue weighted by atomic mass is 16.3. The Balaban J connectivity index is 2.96. The third-order valence-corrected chi connectivity index (χ3v) is 1.84. The highest BCUT2D eigenvalue weighted by molar-refractivity contribution is 5.55. The minimum atomic E-state index is 0.133. The van der Waals surface area contributed by atoms with Crippen LogP contribution in [0.1, 0.15) is 18.1 Å². The Hall–Kier alpha value is -1.08. The predicted molar refractivity (Wildman–Crippen MR) is 51.9 cm³/mol. The van der Waals surface area contributed by atoms with E-state index in [1.165, 1.54) is 11.1 Å². The highest BCUT2D eigenvalue weighted by Gasteiger charge is 1.92. The summed E-state index contributed by atoms with van der Waals surface area (Å²) < 4.78 is 0. The second-order valence-electron chi connectivity index (χ2n) is 3.01. The molecule has 1 rings (SSSR count). The van der Waals surface area contributed by atoms with Crippen molar-refractivity contribution in [2.45, 2.75) is 13.8 Å². The van der Waals surface area contributed by atoms with E-state index in [0.717, 1.165) is 5.57 Å². The summed E-state index contributed by atoms with van der Waals surface area (Å²) in [6.07, 6.45) is 2.01. The van der Waals surface area contributed by atoms with Crippen molar-refractivity contribution in [2.24, 2.45) is 0 Å². The van der Waals surface area contributed by atoms with Crippen LogP contribution >= 0.6 is 0 Å². The third-order valence-electron chi connectivity index (χ3n) is 1.84. The quantitative estimate of drug-likeness (QED) is 0.708. The van der Waals surface area contributed by atoms with Crippen LogP contribution in [0.5, 0.6) is 0 Å². The van der Waals surface area contributed by atoms with Gasteiger partial charge in [0.2, 0.25) is 0 Å². The van der Waals surface area contributed by atoms with Gasteiger partial charge in [0.25, 0.3) is 0 Å². The summed E-state index contributed by atoms with van der Waals surface area (Å²) in [5.41, 5.74) is 3.42. The average Bonchev–Trinajstić information content (AvgIpc) is 2.09. The van der Waals surface area contributed by atoms with Gasteiger partial charge in [-0.25, -0.2) is 0 Å². The molecule has 0 bridgehead atoms. The fourth-order valence-electron chi connectivity index (χ4n) is 1.06. The number of rotatable bonds is 2. The van der Waals surface area contributed by atoms with Gasteiger partial charge in [0.15, 0.2) is 0 Å². The maximum Gasteiger partial charge on any atom is 0.0642 e. The lowest BCUT2D eigenvalue weighted by Gasteiger charge is -2.00. The lowest BCUT2D eigenvalue weighted by atomic mass is 10.1. The molecule has 0 aliphatic heterocycles. The van der Waals surface area contributed by atoms with E-state index >= 15 is 0 Å². The Bertz CT molecular complexity index is 287. The second-order valence-corrected chi connectivity index (χ2v) is 3.01. The molecular formula is C11H14O. The lowest BCUT2D eigenvalue weighted by molar-refractivity contribution is 0.332. The van der Waals surface area contributed by atoms with Crippen molar-refractivity contribution in [1.29, 1.82) is 0 Å². The minimum absolute atomic E-state index is 0.133. The van der Waals surface area contributed by atoms with E-state index in [4.69, 9.17) is 5.11 Å². The number of aryl methyl sites for hydroxylation is 1. The first-order valence-corrected chi connectivity index (χ1v) is 4.07. The summed E-state index contributed by atoms with van der Waals surface area (Å²) in [7, 11) is 0. The molecule has 0 saturated carbocycles. The molecule has 12 heavy (non-hydrogen) atoms. The van der Waals surface area contributed by atoms with E-state index in [2.05, 4.69) is 19.1 Å². The number of aliphatic hydroxyl groups is 1. The Morgan fingerprint density at radius 2 is 2.08 bits per heavy atom. The van der Waals surface area contributed by atoms with Gasteiger partial charge in [0.05, 0.1) is 6.61 Å². The van der Waals surface area contributed by atoms with E-state index in [-0.39, 0.29) is 6.61 Å². The predicted octanol–water partition coefficient (Wildman–Crippen LogP) is 2.39. The molecule has 0 radical (unpaired) electrons. The molecule has 1 nitrogen and oxygen atoms in total. The topological polar surface area (TPSA) is 20.2 Å². The largest absolute Gasteiger partial charge is 0.392 e. The number of aliphatic hydroxyl groups excluding tert-OH is 1. The molecule has 0 aliphatic carbocycles. The molecule has 1 heteroatoms. The summed E-state index contributed by atoms with van der Waals surface area (Å²) >= 11 is 0. The molecule has 0 atom stereocenters. The molecular weight excluding hydrogens is 148 g/mol. The summed E-state index contributed by atoms with van der Waals surface area (Å²) in [4.78, 5) is 0. The van der Waals surface area contributed by atoms with Crippen LogP contribution in [-0.4, -0.2) is 11.7 Å². The molecule has 1 aromatic carbocycles. The molecule has 64 valence electrons. The Morgan fingerprint density at radius 3 is 2.67 bits per heavy atom. The standard InChI is InChI=1S/C11H14O/c1-9(8-12)7-11-6-4-3-5-10(11)2/h3-7,12H,8H2,1-2H3. The monoisotopic (exact) mass is 162 g/mol. The fraction of sp³-hybridized carbons (Fsp3) is 0.273. The van der Waals surface area contributed by atoms with Crippen molar-refractivity contribution in [3.63, 3.8) is 0 Å². The molecule has 0 spiro atoms. The summed E-state index contributed by atoms with van der Waals surface area (Å²) in [5.74, 6) is 0. The first kappa shape index (κ1) is 9.01. The van der Waals surface area contributed by atoms with Crippen LogP contribution < -0.4 is 0 Å². The molecule has 0 amide bonds. The van der Waals surface area contributed by atoms with Gasteiger partial charge in [-0.05, 0) is 30.5 Å². The van der Waals surface area contributed by atoms with Gasteiger partial charge in [-0.1, -0.05) is 30.3 Å². The molecule has 0 fully saturated rings. The van der Waals surface area contributed by atoms with Crippen molar-refractivity contribution in [3.8, 4) is 0 Å². The van der Waals surface area contributed by atoms with Crippen LogP contribution in [0.2, 0.25) is 0 Å². The normalized spacial score (nSPS) is 11.8. The van der Waals surface area contributed by atoms with Crippen LogP contribution in [0.15, 0.2) is 29.8 Å². The van der Waals surface area contributed by atoms with Crippen molar-refractivity contribution in [2.75, 3.05) is 6.61 Å². The molecule has 1 aromatic rings. The molecule has 0 unspecified atom stereocenters. The molecule has 1 N–H and O–H groups in total. The van der Waals surface area contributed by atoms with Gasteiger partial charge in [0.1, 0.15) is 0 Å². The lowest BCUT2D eigenvalue weighted by Crippen LogP contribution is -1.85. The molecule has 0 aromatic heterocycles. The zero-order valence-corrected chi connectivity index (χ0v) is 7.54. The smallest absolute Gasteiger partial charge is 0.0642 e. The van der Waals surface area contributed by atoms with E-state index < -0.39 is 0 Å². The molecule has 0 saturated heterocycles. The average molecular weight is 162 g/mol. The summed E-state index contributed by atoms with van der Waals surface area (Å²) in [6, 6.07) is 8.13. The van der Waals surface area contributed by atoms with Crippen LogP contribution in [0.3, 0.4) is 0 Å². The summed E-state index contributed by atoms with van der Waals surface area (Å²) in [6.45, 7) is 4.12. The van der Waals surface area contributed by atoms with Gasteiger partial charge in [-0.15, -0.1) is 0 Å². The molecule has 0 aliphatic rings. The number of benzene rings is 1. The van der Waals surface area contributed by atoms with Crippen LogP contribution in [0.25, 0.3) is 6.08 Å². The Kier molecular flexibility index (Phi) is 3.06. The van der Waals surface area contributed by atoms with Gasteiger partial charge < -0.3 is 5.11 Å². The first-order valence-electron chi connectivity index (χ1n) is 4.07. The van der Waals surface area contributed by atoms with Gasteiger partial charge in [-0.2, -0.15) is 0 Å². The fourth-order valence-corrected chi connectivity index (χ4v) is 1.06. The maximum absolute atomic E-state index is 8.82. The maximum atomic E-state index is 8.82. The number of hydrogen-bond donors (Lipinski definition) is 1. The second kappa shape index (κ2) is 4.07. The van der Waals surface area contributed by atoms with E-state index in [9.17, 15) is 0 Å².